The number of H-pyrrole nitrogens is 1. The summed E-state index contributed by atoms with van der Waals surface area (Å²) in [5.74, 6) is -0.0805. The first kappa shape index (κ1) is 23.0. The number of nitrogens with zero attached hydrogens (tertiary/aromatic N) is 5. The molecule has 2 aromatic heterocycles. The molecule has 10 heteroatoms. The number of hydrogen-bond donors (Lipinski definition) is 1. The molecule has 0 saturated carbocycles. The van der Waals surface area contributed by atoms with Crippen molar-refractivity contribution in [3.8, 4) is 22.6 Å². The summed E-state index contributed by atoms with van der Waals surface area (Å²) in [6.45, 7) is 6.86. The first-order valence-corrected chi connectivity index (χ1v) is 11.0. The largest absolute Gasteiger partial charge is 0.391 e. The fourth-order valence-electron chi connectivity index (χ4n) is 4.11. The van der Waals surface area contributed by atoms with Gasteiger partial charge in [-0.1, -0.05) is 19.9 Å². The number of benzene rings is 1. The number of rotatable bonds is 5. The maximum Gasteiger partial charge on any atom is 0.391 e. The van der Waals surface area contributed by atoms with E-state index in [2.05, 4.69) is 34.1 Å². The monoisotopic (exact) mass is 460 g/mol. The molecular formula is C23H27F3N6O. The predicted molar refractivity (Wildman–Crippen MR) is 117 cm³/mol. The van der Waals surface area contributed by atoms with Crippen LogP contribution >= 0.6 is 0 Å². The van der Waals surface area contributed by atoms with E-state index in [4.69, 9.17) is 0 Å². The van der Waals surface area contributed by atoms with Gasteiger partial charge >= 0.3 is 6.18 Å². The molecule has 33 heavy (non-hydrogen) atoms. The fraction of sp³-hybridized carbons (Fsp3) is 0.478. The third-order valence-corrected chi connectivity index (χ3v) is 5.82. The second-order valence-corrected chi connectivity index (χ2v) is 8.93. The highest BCUT2D eigenvalue weighted by Crippen LogP contribution is 2.35. The molecule has 0 unspecified atom stereocenters. The van der Waals surface area contributed by atoms with Gasteiger partial charge in [0.25, 0.3) is 5.91 Å². The van der Waals surface area contributed by atoms with Crippen molar-refractivity contribution in [1.82, 2.24) is 29.9 Å². The first-order valence-electron chi connectivity index (χ1n) is 11.0. The normalized spacial score (nSPS) is 15.4. The minimum Gasteiger partial charge on any atom is -0.339 e. The maximum atomic E-state index is 13.4. The number of piperidine rings is 1. The molecule has 0 bridgehead atoms. The van der Waals surface area contributed by atoms with Gasteiger partial charge in [0.15, 0.2) is 5.82 Å². The van der Waals surface area contributed by atoms with Gasteiger partial charge in [0.05, 0.1) is 11.6 Å². The van der Waals surface area contributed by atoms with Gasteiger partial charge in [-0.2, -0.15) is 23.4 Å². The molecular weight excluding hydrogens is 433 g/mol. The van der Waals surface area contributed by atoms with E-state index in [1.165, 1.54) is 4.90 Å². The van der Waals surface area contributed by atoms with Crippen molar-refractivity contribution < 1.29 is 18.0 Å². The first-order chi connectivity index (χ1) is 15.6. The van der Waals surface area contributed by atoms with Crippen LogP contribution in [0.1, 0.15) is 42.9 Å². The van der Waals surface area contributed by atoms with Crippen molar-refractivity contribution in [3.05, 3.63) is 41.9 Å². The molecule has 1 N–H and O–H groups in total. The van der Waals surface area contributed by atoms with Crippen molar-refractivity contribution in [2.75, 3.05) is 13.1 Å². The lowest BCUT2D eigenvalue weighted by Crippen LogP contribution is -2.42. The maximum absolute atomic E-state index is 13.4. The summed E-state index contributed by atoms with van der Waals surface area (Å²) in [6, 6.07) is 7.11. The lowest BCUT2D eigenvalue weighted by Gasteiger charge is -2.33. The van der Waals surface area contributed by atoms with Crippen LogP contribution in [0, 0.1) is 18.8 Å². The average molecular weight is 461 g/mol. The Balaban J connectivity index is 1.67. The number of nitrogens with one attached hydrogen (secondary N) is 1. The Morgan fingerprint density at radius 2 is 1.94 bits per heavy atom. The summed E-state index contributed by atoms with van der Waals surface area (Å²) >= 11 is 0. The summed E-state index contributed by atoms with van der Waals surface area (Å²) in [5.41, 5.74) is 2.37. The minimum absolute atomic E-state index is 0.0755. The molecule has 1 amide bonds. The van der Waals surface area contributed by atoms with Crippen LogP contribution in [0.15, 0.2) is 30.5 Å². The zero-order valence-corrected chi connectivity index (χ0v) is 18.9. The Morgan fingerprint density at radius 1 is 1.21 bits per heavy atom. The third kappa shape index (κ3) is 5.09. The lowest BCUT2D eigenvalue weighted by atomic mass is 9.94. The van der Waals surface area contributed by atoms with Crippen LogP contribution in [0.5, 0.6) is 0 Å². The SMILES string of the molecule is Cc1nc(-c2ccc(C(=O)N3CCC(C(F)(F)F)CC3)c(-c3ccn(CC(C)C)n3)c2)n[nH]1. The number of aromatic amines is 1. The molecule has 176 valence electrons. The number of halogens is 3. The van der Waals surface area contributed by atoms with Crippen molar-refractivity contribution in [2.45, 2.75) is 46.3 Å². The highest BCUT2D eigenvalue weighted by molar-refractivity contribution is 6.01. The molecule has 1 fully saturated rings. The highest BCUT2D eigenvalue weighted by Gasteiger charge is 2.42. The van der Waals surface area contributed by atoms with Crippen molar-refractivity contribution in [1.29, 1.82) is 0 Å². The van der Waals surface area contributed by atoms with Gasteiger partial charge in [0.1, 0.15) is 5.82 Å². The van der Waals surface area contributed by atoms with Crippen LogP contribution in [0.3, 0.4) is 0 Å². The van der Waals surface area contributed by atoms with Crippen LogP contribution in [-0.4, -0.2) is 55.0 Å². The lowest BCUT2D eigenvalue weighted by molar-refractivity contribution is -0.183. The number of alkyl halides is 3. The number of aryl methyl sites for hydroxylation is 1. The van der Waals surface area contributed by atoms with E-state index in [9.17, 15) is 18.0 Å². The van der Waals surface area contributed by atoms with E-state index in [-0.39, 0.29) is 31.8 Å². The molecule has 7 nitrogen and oxygen atoms in total. The van der Waals surface area contributed by atoms with Gasteiger partial charge in [0, 0.05) is 42.5 Å². The summed E-state index contributed by atoms with van der Waals surface area (Å²) in [4.78, 5) is 19.2. The van der Waals surface area contributed by atoms with Crippen LogP contribution < -0.4 is 0 Å². The quantitative estimate of drug-likeness (QED) is 0.598. The molecule has 1 saturated heterocycles. The molecule has 3 aromatic rings. The minimum atomic E-state index is -4.22. The molecule has 0 atom stereocenters. The average Bonchev–Trinajstić information content (AvgIpc) is 3.41. The smallest absolute Gasteiger partial charge is 0.339 e. The Labute approximate surface area is 190 Å². The Kier molecular flexibility index (Phi) is 6.27. The standard InChI is InChI=1S/C23H27F3N6O/c1-14(2)13-32-11-8-20(30-32)19-12-16(21-27-15(3)28-29-21)4-5-18(19)22(33)31-9-6-17(7-10-31)23(24,25)26/h4-5,8,11-12,14,17H,6-7,9-10,13H2,1-3H3,(H,27,28,29). The number of amides is 1. The fourth-order valence-corrected chi connectivity index (χ4v) is 4.11. The van der Waals surface area contributed by atoms with E-state index < -0.39 is 12.1 Å². The molecule has 1 aromatic carbocycles. The second-order valence-electron chi connectivity index (χ2n) is 8.93. The highest BCUT2D eigenvalue weighted by atomic mass is 19.4. The van der Waals surface area contributed by atoms with Gasteiger partial charge in [0.2, 0.25) is 0 Å². The van der Waals surface area contributed by atoms with E-state index in [0.29, 0.717) is 34.4 Å². The van der Waals surface area contributed by atoms with Gasteiger partial charge in [-0.05, 0) is 43.9 Å². The molecule has 1 aliphatic heterocycles. The third-order valence-electron chi connectivity index (χ3n) is 5.82. The number of aromatic nitrogens is 5. The number of hydrogen-bond acceptors (Lipinski definition) is 4. The molecule has 0 radical (unpaired) electrons. The van der Waals surface area contributed by atoms with Crippen LogP contribution in [0.25, 0.3) is 22.6 Å². The van der Waals surface area contributed by atoms with Gasteiger partial charge < -0.3 is 4.90 Å². The summed E-state index contributed by atoms with van der Waals surface area (Å²) in [6.07, 6.45) is -2.52. The van der Waals surface area contributed by atoms with E-state index in [1.807, 2.05) is 23.0 Å². The zero-order valence-electron chi connectivity index (χ0n) is 18.9. The molecule has 3 heterocycles. The second kappa shape index (κ2) is 8.99. The Bertz CT molecular complexity index is 1130. The zero-order chi connectivity index (χ0) is 23.8. The Morgan fingerprint density at radius 3 is 2.55 bits per heavy atom. The van der Waals surface area contributed by atoms with E-state index in [1.54, 1.807) is 19.1 Å². The summed E-state index contributed by atoms with van der Waals surface area (Å²) < 4.78 is 41.0. The van der Waals surface area contributed by atoms with E-state index in [0.717, 1.165) is 12.1 Å². The van der Waals surface area contributed by atoms with Crippen molar-refractivity contribution in [3.63, 3.8) is 0 Å². The van der Waals surface area contributed by atoms with Gasteiger partial charge in [-0.3, -0.25) is 14.6 Å². The van der Waals surface area contributed by atoms with Crippen molar-refractivity contribution in [2.24, 2.45) is 11.8 Å². The van der Waals surface area contributed by atoms with Gasteiger partial charge in [-0.15, -0.1) is 0 Å². The van der Waals surface area contributed by atoms with Crippen LogP contribution in [0.2, 0.25) is 0 Å². The summed E-state index contributed by atoms with van der Waals surface area (Å²) in [5, 5.41) is 11.6. The number of carbonyl (C=O) groups excluding carboxylic acids is 1. The topological polar surface area (TPSA) is 79.7 Å². The molecule has 4 rings (SSSR count). The van der Waals surface area contributed by atoms with Crippen molar-refractivity contribution >= 4 is 5.91 Å². The van der Waals surface area contributed by atoms with Gasteiger partial charge in [-0.25, -0.2) is 4.98 Å². The van der Waals surface area contributed by atoms with Crippen LogP contribution in [0.4, 0.5) is 13.2 Å². The Hall–Kier alpha value is -3.17. The van der Waals surface area contributed by atoms with Crippen LogP contribution in [-0.2, 0) is 6.54 Å². The molecule has 0 spiro atoms. The predicted octanol–water partition coefficient (Wildman–Crippen LogP) is 4.71. The molecule has 1 aliphatic rings. The number of carbonyl (C=O) groups is 1. The number of likely N-dealkylation sites (tertiary alicyclic amines) is 1. The van der Waals surface area contributed by atoms with E-state index >= 15 is 0 Å². The molecule has 0 aliphatic carbocycles. The summed E-state index contributed by atoms with van der Waals surface area (Å²) in [7, 11) is 0.